The summed E-state index contributed by atoms with van der Waals surface area (Å²) in [5, 5.41) is 12.5. The van der Waals surface area contributed by atoms with Crippen molar-refractivity contribution in [1.29, 1.82) is 0 Å². The van der Waals surface area contributed by atoms with E-state index in [0.29, 0.717) is 43.4 Å². The zero-order valence-electron chi connectivity index (χ0n) is 20.1. The lowest BCUT2D eigenvalue weighted by Crippen LogP contribution is -2.31. The molecule has 11 heteroatoms. The van der Waals surface area contributed by atoms with Gasteiger partial charge in [0.2, 0.25) is 5.95 Å². The van der Waals surface area contributed by atoms with Gasteiger partial charge in [-0.25, -0.2) is 14.8 Å². The van der Waals surface area contributed by atoms with E-state index in [0.717, 1.165) is 49.7 Å². The van der Waals surface area contributed by atoms with Crippen LogP contribution in [0.1, 0.15) is 46.4 Å². The van der Waals surface area contributed by atoms with Crippen molar-refractivity contribution in [1.82, 2.24) is 15.0 Å². The lowest BCUT2D eigenvalue weighted by molar-refractivity contribution is -0.137. The highest BCUT2D eigenvalue weighted by atomic mass is 19.4. The fourth-order valence-corrected chi connectivity index (χ4v) is 4.84. The quantitative estimate of drug-likeness (QED) is 0.497. The zero-order chi connectivity index (χ0) is 26.0. The summed E-state index contributed by atoms with van der Waals surface area (Å²) in [5.41, 5.74) is 1.73. The van der Waals surface area contributed by atoms with Gasteiger partial charge in [0.05, 0.1) is 16.8 Å². The number of anilines is 4. The number of nitrogens with one attached hydrogen (secondary N) is 1. The number of hydrogen-bond donors (Lipinski definition) is 2. The molecule has 1 saturated heterocycles. The van der Waals surface area contributed by atoms with Crippen LogP contribution in [0.5, 0.6) is 0 Å². The largest absolute Gasteiger partial charge is 0.478 e. The number of alkyl halides is 3. The number of benzene rings is 1. The van der Waals surface area contributed by atoms with Crippen LogP contribution in [0.4, 0.5) is 36.4 Å². The summed E-state index contributed by atoms with van der Waals surface area (Å²) in [7, 11) is 0. The summed E-state index contributed by atoms with van der Waals surface area (Å²) in [4.78, 5) is 28.8. The first-order valence-corrected chi connectivity index (χ1v) is 12.3. The first kappa shape index (κ1) is 24.8. The number of hydrogen-bond acceptors (Lipinski definition) is 7. The number of piperidine rings is 1. The molecule has 0 radical (unpaired) electrons. The van der Waals surface area contributed by atoms with E-state index in [2.05, 4.69) is 15.2 Å². The fourth-order valence-electron chi connectivity index (χ4n) is 4.84. The SMILES string of the molecule is O=C(O)c1ccc(Nc2nc(N3CCCCC3)nc3c2CCN(c2ncccc2C(F)(F)F)CC3)cc1. The molecule has 8 nitrogen and oxygen atoms in total. The van der Waals surface area contributed by atoms with E-state index in [9.17, 15) is 23.1 Å². The molecule has 194 valence electrons. The average Bonchev–Trinajstić information content (AvgIpc) is 3.12. The summed E-state index contributed by atoms with van der Waals surface area (Å²) in [6.07, 6.45) is 1.01. The van der Waals surface area contributed by atoms with E-state index in [1.54, 1.807) is 17.0 Å². The number of halogens is 3. The molecule has 0 bridgehead atoms. The summed E-state index contributed by atoms with van der Waals surface area (Å²) in [6.45, 7) is 2.36. The molecule has 0 saturated carbocycles. The molecule has 4 heterocycles. The lowest BCUT2D eigenvalue weighted by Gasteiger charge is -2.28. The number of aromatic carboxylic acids is 1. The van der Waals surface area contributed by atoms with Crippen LogP contribution in [0.25, 0.3) is 0 Å². The van der Waals surface area contributed by atoms with E-state index >= 15 is 0 Å². The molecule has 2 N–H and O–H groups in total. The van der Waals surface area contributed by atoms with Crippen LogP contribution in [0.3, 0.4) is 0 Å². The maximum atomic E-state index is 13.7. The molecule has 5 rings (SSSR count). The van der Waals surface area contributed by atoms with Gasteiger partial charge in [0.1, 0.15) is 11.6 Å². The number of carboxylic acid groups (broad SMARTS) is 1. The Hall–Kier alpha value is -3.89. The molecule has 0 amide bonds. The fraction of sp³-hybridized carbons (Fsp3) is 0.385. The molecule has 0 unspecified atom stereocenters. The van der Waals surface area contributed by atoms with Crippen molar-refractivity contribution in [3.8, 4) is 0 Å². The molecule has 37 heavy (non-hydrogen) atoms. The number of aromatic nitrogens is 3. The number of fused-ring (bicyclic) bond motifs is 1. The van der Waals surface area contributed by atoms with E-state index in [1.807, 2.05) is 0 Å². The molecule has 2 aliphatic rings. The Morgan fingerprint density at radius 1 is 0.919 bits per heavy atom. The van der Waals surface area contributed by atoms with Crippen LogP contribution in [0.15, 0.2) is 42.6 Å². The molecule has 0 atom stereocenters. The van der Waals surface area contributed by atoms with Crippen molar-refractivity contribution in [3.63, 3.8) is 0 Å². The number of pyridine rings is 1. The lowest BCUT2D eigenvalue weighted by atomic mass is 10.1. The van der Waals surface area contributed by atoms with Crippen LogP contribution < -0.4 is 15.1 Å². The van der Waals surface area contributed by atoms with Gasteiger partial charge in [-0.05, 0) is 62.1 Å². The summed E-state index contributed by atoms with van der Waals surface area (Å²) in [6, 6.07) is 8.72. The second-order valence-corrected chi connectivity index (χ2v) is 9.21. The Labute approximate surface area is 212 Å². The molecule has 1 fully saturated rings. The molecule has 0 aliphatic carbocycles. The third-order valence-electron chi connectivity index (χ3n) is 6.76. The van der Waals surface area contributed by atoms with Crippen LogP contribution in [0, 0.1) is 0 Å². The van der Waals surface area contributed by atoms with Gasteiger partial charge in [0, 0.05) is 50.0 Å². The van der Waals surface area contributed by atoms with Crippen LogP contribution >= 0.6 is 0 Å². The normalized spacial score (nSPS) is 16.2. The Kier molecular flexibility index (Phi) is 6.86. The smallest absolute Gasteiger partial charge is 0.419 e. The number of carboxylic acids is 1. The highest BCUT2D eigenvalue weighted by Gasteiger charge is 2.36. The molecular weight excluding hydrogens is 485 g/mol. The van der Waals surface area contributed by atoms with E-state index in [4.69, 9.17) is 9.97 Å². The van der Waals surface area contributed by atoms with Gasteiger partial charge < -0.3 is 20.2 Å². The summed E-state index contributed by atoms with van der Waals surface area (Å²) >= 11 is 0. The van der Waals surface area contributed by atoms with Crippen molar-refractivity contribution in [3.05, 3.63) is 65.0 Å². The Balaban J connectivity index is 1.48. The Bertz CT molecular complexity index is 1280. The van der Waals surface area contributed by atoms with Gasteiger partial charge in [-0.2, -0.15) is 18.2 Å². The van der Waals surface area contributed by atoms with Crippen LogP contribution in [0.2, 0.25) is 0 Å². The van der Waals surface area contributed by atoms with E-state index in [-0.39, 0.29) is 11.4 Å². The third kappa shape index (κ3) is 5.45. The maximum absolute atomic E-state index is 13.7. The van der Waals surface area contributed by atoms with Gasteiger partial charge in [-0.3, -0.25) is 0 Å². The molecule has 3 aromatic rings. The van der Waals surface area contributed by atoms with Crippen molar-refractivity contribution < 1.29 is 23.1 Å². The minimum atomic E-state index is -4.50. The second kappa shape index (κ2) is 10.2. The average molecular weight is 513 g/mol. The van der Waals surface area contributed by atoms with E-state index < -0.39 is 17.7 Å². The van der Waals surface area contributed by atoms with Crippen LogP contribution in [-0.2, 0) is 19.0 Å². The molecule has 1 aromatic carbocycles. The zero-order valence-corrected chi connectivity index (χ0v) is 20.1. The Morgan fingerprint density at radius 3 is 2.35 bits per heavy atom. The summed E-state index contributed by atoms with van der Waals surface area (Å²) in [5.74, 6) is 0.103. The van der Waals surface area contributed by atoms with E-state index in [1.165, 1.54) is 24.4 Å². The van der Waals surface area contributed by atoms with Crippen molar-refractivity contribution in [2.75, 3.05) is 41.3 Å². The van der Waals surface area contributed by atoms with Crippen molar-refractivity contribution in [2.24, 2.45) is 0 Å². The minimum absolute atomic E-state index is 0.0780. The molecule has 2 aromatic heterocycles. The maximum Gasteiger partial charge on any atom is 0.419 e. The van der Waals surface area contributed by atoms with Gasteiger partial charge in [-0.1, -0.05) is 0 Å². The first-order chi connectivity index (χ1) is 17.8. The first-order valence-electron chi connectivity index (χ1n) is 12.3. The predicted octanol–water partition coefficient (Wildman–Crippen LogP) is 4.93. The number of carbonyl (C=O) groups is 1. The van der Waals surface area contributed by atoms with Gasteiger partial charge in [0.15, 0.2) is 0 Å². The predicted molar refractivity (Wildman–Crippen MR) is 134 cm³/mol. The standard InChI is InChI=1S/C26H27F3N6O2/c27-26(28,29)20-5-4-12-30-23(20)34-15-10-19-21(11-16-34)32-25(35-13-2-1-3-14-35)33-22(19)31-18-8-6-17(7-9-18)24(36)37/h4-9,12H,1-3,10-11,13-16H2,(H,36,37)(H,31,32,33). The summed E-state index contributed by atoms with van der Waals surface area (Å²) < 4.78 is 41.0. The molecule has 2 aliphatic heterocycles. The number of rotatable bonds is 5. The number of nitrogens with zero attached hydrogens (tertiary/aromatic N) is 5. The van der Waals surface area contributed by atoms with Crippen LogP contribution in [-0.4, -0.2) is 52.2 Å². The monoisotopic (exact) mass is 512 g/mol. The van der Waals surface area contributed by atoms with Gasteiger partial charge in [0.25, 0.3) is 0 Å². The molecule has 0 spiro atoms. The molecular formula is C26H27F3N6O2. The van der Waals surface area contributed by atoms with Crippen molar-refractivity contribution >= 4 is 29.2 Å². The van der Waals surface area contributed by atoms with Gasteiger partial charge in [-0.15, -0.1) is 0 Å². The second-order valence-electron chi connectivity index (χ2n) is 9.21. The van der Waals surface area contributed by atoms with Gasteiger partial charge >= 0.3 is 12.1 Å². The topological polar surface area (TPSA) is 94.5 Å². The highest BCUT2D eigenvalue weighted by Crippen LogP contribution is 2.36. The van der Waals surface area contributed by atoms with Crippen molar-refractivity contribution in [2.45, 2.75) is 38.3 Å². The third-order valence-corrected chi connectivity index (χ3v) is 6.76. The Morgan fingerprint density at radius 2 is 1.65 bits per heavy atom. The highest BCUT2D eigenvalue weighted by molar-refractivity contribution is 5.88. The minimum Gasteiger partial charge on any atom is -0.478 e.